The van der Waals surface area contributed by atoms with Gasteiger partial charge >= 0.3 is 6.03 Å². The third kappa shape index (κ3) is 3.31. The van der Waals surface area contributed by atoms with Crippen molar-refractivity contribution in [1.82, 2.24) is 10.1 Å². The molecule has 1 fully saturated rings. The van der Waals surface area contributed by atoms with Crippen LogP contribution in [0.3, 0.4) is 0 Å². The molecule has 1 aliphatic rings. The summed E-state index contributed by atoms with van der Waals surface area (Å²) in [4.78, 5) is 16.5. The third-order valence-corrected chi connectivity index (χ3v) is 4.15. The quantitative estimate of drug-likeness (QED) is 0.943. The third-order valence-electron chi connectivity index (χ3n) is 4.15. The molecule has 1 aliphatic heterocycles. The van der Waals surface area contributed by atoms with Gasteiger partial charge in [-0.25, -0.2) is 4.79 Å². The van der Waals surface area contributed by atoms with Crippen molar-refractivity contribution in [2.24, 2.45) is 0 Å². The van der Waals surface area contributed by atoms with Gasteiger partial charge in [-0.05, 0) is 37.5 Å². The highest BCUT2D eigenvalue weighted by Crippen LogP contribution is 2.33. The molecule has 1 unspecified atom stereocenters. The van der Waals surface area contributed by atoms with Crippen LogP contribution < -0.4 is 10.2 Å². The van der Waals surface area contributed by atoms with E-state index in [1.807, 2.05) is 25.1 Å². The Morgan fingerprint density at radius 3 is 2.91 bits per heavy atom. The minimum Gasteiger partial charge on any atom is -0.378 e. The van der Waals surface area contributed by atoms with Crippen molar-refractivity contribution in [3.63, 3.8) is 0 Å². The van der Waals surface area contributed by atoms with Crippen LogP contribution in [0.1, 0.15) is 30.2 Å². The van der Waals surface area contributed by atoms with E-state index in [0.29, 0.717) is 11.6 Å². The summed E-state index contributed by atoms with van der Waals surface area (Å²) < 4.78 is 4.99. The zero-order valence-electron chi connectivity index (χ0n) is 13.7. The second kappa shape index (κ2) is 6.32. The smallest absolute Gasteiger partial charge is 0.323 e. The first-order valence-corrected chi connectivity index (χ1v) is 7.83. The van der Waals surface area contributed by atoms with E-state index in [4.69, 9.17) is 4.52 Å². The average Bonchev–Trinajstić information content (AvgIpc) is 3.16. The maximum absolute atomic E-state index is 12.5. The number of carbonyl (C=O) groups is 1. The molecule has 23 heavy (non-hydrogen) atoms. The van der Waals surface area contributed by atoms with Gasteiger partial charge in [0, 0.05) is 32.4 Å². The molecule has 1 atom stereocenters. The molecule has 0 aliphatic carbocycles. The molecule has 1 aromatic carbocycles. The number of nitrogens with one attached hydrogen (secondary N) is 1. The Hall–Kier alpha value is -2.50. The van der Waals surface area contributed by atoms with Crippen LogP contribution in [-0.2, 0) is 0 Å². The van der Waals surface area contributed by atoms with Crippen molar-refractivity contribution in [1.29, 1.82) is 0 Å². The van der Waals surface area contributed by atoms with Crippen LogP contribution in [-0.4, -0.2) is 36.7 Å². The van der Waals surface area contributed by atoms with Crippen LogP contribution >= 0.6 is 0 Å². The standard InChI is InChI=1S/C17H22N4O2/c1-12-10-16(19-23-12)18-17(22)21-9-5-8-15(21)13-6-4-7-14(11-13)20(2)3/h4,6-7,10-11,15H,5,8-9H2,1-3H3,(H,18,19,22). The molecule has 122 valence electrons. The molecular weight excluding hydrogens is 292 g/mol. The van der Waals surface area contributed by atoms with E-state index in [9.17, 15) is 4.79 Å². The van der Waals surface area contributed by atoms with Crippen LogP contribution in [0, 0.1) is 6.92 Å². The summed E-state index contributed by atoms with van der Waals surface area (Å²) in [5, 5.41) is 6.64. The summed E-state index contributed by atoms with van der Waals surface area (Å²) in [5.41, 5.74) is 2.31. The van der Waals surface area contributed by atoms with Gasteiger partial charge in [0.05, 0.1) is 6.04 Å². The lowest BCUT2D eigenvalue weighted by Gasteiger charge is -2.26. The largest absolute Gasteiger partial charge is 0.378 e. The fourth-order valence-corrected chi connectivity index (χ4v) is 2.97. The Morgan fingerprint density at radius 2 is 2.22 bits per heavy atom. The fourth-order valence-electron chi connectivity index (χ4n) is 2.97. The molecule has 3 rings (SSSR count). The molecule has 0 spiro atoms. The van der Waals surface area contributed by atoms with Crippen LogP contribution in [0.4, 0.5) is 16.3 Å². The first kappa shape index (κ1) is 15.4. The SMILES string of the molecule is Cc1cc(NC(=O)N2CCCC2c2cccc(N(C)C)c2)no1. The van der Waals surface area contributed by atoms with Crippen LogP contribution in [0.5, 0.6) is 0 Å². The minimum atomic E-state index is -0.129. The summed E-state index contributed by atoms with van der Waals surface area (Å²) in [6, 6.07) is 10.0. The van der Waals surface area contributed by atoms with Gasteiger partial charge in [-0.15, -0.1) is 0 Å². The molecule has 6 heteroatoms. The summed E-state index contributed by atoms with van der Waals surface area (Å²) in [5.74, 6) is 1.14. The Labute approximate surface area is 136 Å². The zero-order valence-corrected chi connectivity index (χ0v) is 13.7. The van der Waals surface area contributed by atoms with Crippen molar-refractivity contribution in [2.45, 2.75) is 25.8 Å². The topological polar surface area (TPSA) is 61.6 Å². The number of hydrogen-bond donors (Lipinski definition) is 1. The number of rotatable bonds is 3. The van der Waals surface area contributed by atoms with Gasteiger partial charge < -0.3 is 14.3 Å². The van der Waals surface area contributed by atoms with E-state index in [1.165, 1.54) is 5.56 Å². The molecule has 2 aromatic rings. The number of aromatic nitrogens is 1. The number of benzene rings is 1. The van der Waals surface area contributed by atoms with E-state index in [2.05, 4.69) is 33.6 Å². The van der Waals surface area contributed by atoms with Gasteiger partial charge in [0.1, 0.15) is 5.76 Å². The van der Waals surface area contributed by atoms with Gasteiger partial charge in [-0.2, -0.15) is 0 Å². The Bertz CT molecular complexity index is 695. The van der Waals surface area contributed by atoms with Gasteiger partial charge in [0.25, 0.3) is 0 Å². The zero-order chi connectivity index (χ0) is 16.4. The van der Waals surface area contributed by atoms with E-state index < -0.39 is 0 Å². The highest BCUT2D eigenvalue weighted by atomic mass is 16.5. The van der Waals surface area contributed by atoms with Crippen LogP contribution in [0.25, 0.3) is 0 Å². The molecule has 1 saturated heterocycles. The summed E-state index contributed by atoms with van der Waals surface area (Å²) in [6.07, 6.45) is 1.98. The summed E-state index contributed by atoms with van der Waals surface area (Å²) >= 11 is 0. The number of urea groups is 1. The molecule has 2 heterocycles. The minimum absolute atomic E-state index is 0.0999. The van der Waals surface area contributed by atoms with Crippen molar-refractivity contribution < 1.29 is 9.32 Å². The van der Waals surface area contributed by atoms with Gasteiger partial charge in [0.15, 0.2) is 5.82 Å². The Balaban J connectivity index is 1.77. The van der Waals surface area contributed by atoms with Gasteiger partial charge in [0.2, 0.25) is 0 Å². The molecule has 0 radical (unpaired) electrons. The lowest BCUT2D eigenvalue weighted by molar-refractivity contribution is 0.207. The number of aryl methyl sites for hydroxylation is 1. The number of nitrogens with zero attached hydrogens (tertiary/aromatic N) is 3. The average molecular weight is 314 g/mol. The second-order valence-corrected chi connectivity index (χ2v) is 6.09. The maximum Gasteiger partial charge on any atom is 0.323 e. The molecule has 2 amide bonds. The van der Waals surface area contributed by atoms with E-state index >= 15 is 0 Å². The number of anilines is 2. The Kier molecular flexibility index (Phi) is 4.23. The van der Waals surface area contributed by atoms with Gasteiger partial charge in [-0.3, -0.25) is 5.32 Å². The molecule has 0 bridgehead atoms. The fraction of sp³-hybridized carbons (Fsp3) is 0.412. The predicted molar refractivity (Wildman–Crippen MR) is 89.7 cm³/mol. The number of carbonyl (C=O) groups excluding carboxylic acids is 1. The monoisotopic (exact) mass is 314 g/mol. The first-order chi connectivity index (χ1) is 11.0. The van der Waals surface area contributed by atoms with Crippen molar-refractivity contribution in [2.75, 3.05) is 30.9 Å². The molecule has 1 aromatic heterocycles. The molecule has 6 nitrogen and oxygen atoms in total. The van der Waals surface area contributed by atoms with E-state index in [0.717, 1.165) is 25.1 Å². The second-order valence-electron chi connectivity index (χ2n) is 6.09. The number of amides is 2. The number of hydrogen-bond acceptors (Lipinski definition) is 4. The van der Waals surface area contributed by atoms with Gasteiger partial charge in [-0.1, -0.05) is 17.3 Å². The lowest BCUT2D eigenvalue weighted by Crippen LogP contribution is -2.34. The summed E-state index contributed by atoms with van der Waals surface area (Å²) in [6.45, 7) is 2.55. The molecule has 0 saturated carbocycles. The molecule has 1 N–H and O–H groups in total. The maximum atomic E-state index is 12.5. The van der Waals surface area contributed by atoms with Crippen LogP contribution in [0.15, 0.2) is 34.9 Å². The highest BCUT2D eigenvalue weighted by Gasteiger charge is 2.30. The van der Waals surface area contributed by atoms with E-state index in [-0.39, 0.29) is 12.1 Å². The lowest BCUT2D eigenvalue weighted by atomic mass is 10.0. The first-order valence-electron chi connectivity index (χ1n) is 7.83. The normalized spacial score (nSPS) is 17.3. The van der Waals surface area contributed by atoms with Crippen molar-refractivity contribution in [3.8, 4) is 0 Å². The highest BCUT2D eigenvalue weighted by molar-refractivity contribution is 5.88. The van der Waals surface area contributed by atoms with Crippen LogP contribution in [0.2, 0.25) is 0 Å². The Morgan fingerprint density at radius 1 is 1.39 bits per heavy atom. The van der Waals surface area contributed by atoms with Crippen molar-refractivity contribution >= 4 is 17.5 Å². The molecular formula is C17H22N4O2. The number of likely N-dealkylation sites (tertiary alicyclic amines) is 1. The predicted octanol–water partition coefficient (Wildman–Crippen LogP) is 3.42. The summed E-state index contributed by atoms with van der Waals surface area (Å²) in [7, 11) is 4.04. The van der Waals surface area contributed by atoms with E-state index in [1.54, 1.807) is 13.0 Å². The van der Waals surface area contributed by atoms with Crippen molar-refractivity contribution in [3.05, 3.63) is 41.7 Å².